The van der Waals surface area contributed by atoms with Gasteiger partial charge >= 0.3 is 0 Å². The molecule has 136 valence electrons. The van der Waals surface area contributed by atoms with E-state index in [0.717, 1.165) is 21.8 Å². The molecular weight excluding hydrogens is 358 g/mol. The Morgan fingerprint density at radius 3 is 2.85 bits per heavy atom. The third-order valence-electron chi connectivity index (χ3n) is 5.28. The molecule has 2 aliphatic heterocycles. The lowest BCUT2D eigenvalue weighted by Gasteiger charge is -2.36. The normalized spacial score (nSPS) is 23.7. The zero-order valence-electron chi connectivity index (χ0n) is 14.0. The number of β-amino-alcohol motifs (C(OH)–C–C–N with tert-alkyl or cyclic N) is 1. The number of nitrogens with zero attached hydrogens (tertiary/aromatic N) is 3. The summed E-state index contributed by atoms with van der Waals surface area (Å²) in [4.78, 5) is 11.6. The maximum Gasteiger partial charge on any atom is 0.290 e. The molecule has 1 atom stereocenters. The van der Waals surface area contributed by atoms with E-state index in [-0.39, 0.29) is 30.5 Å². The van der Waals surface area contributed by atoms with Crippen molar-refractivity contribution in [1.82, 2.24) is 9.97 Å². The molecule has 0 radical (unpaired) electrons. The highest BCUT2D eigenvalue weighted by Gasteiger charge is 2.44. The summed E-state index contributed by atoms with van der Waals surface area (Å²) in [6, 6.07) is 5.91. The lowest BCUT2D eigenvalue weighted by atomic mass is 10.0. The molecule has 5 nitrogen and oxygen atoms in total. The molecule has 5 rings (SSSR count). The molecule has 1 aromatic carbocycles. The Kier molecular flexibility index (Phi) is 3.54. The van der Waals surface area contributed by atoms with Crippen molar-refractivity contribution in [1.29, 1.82) is 0 Å². The monoisotopic (exact) mass is 376 g/mol. The van der Waals surface area contributed by atoms with Gasteiger partial charge in [-0.15, -0.1) is 11.8 Å². The number of rotatable bonds is 2. The van der Waals surface area contributed by atoms with Crippen molar-refractivity contribution in [2.45, 2.75) is 35.8 Å². The van der Waals surface area contributed by atoms with Crippen LogP contribution in [0.2, 0.25) is 0 Å². The summed E-state index contributed by atoms with van der Waals surface area (Å²) < 4.78 is 28.7. The summed E-state index contributed by atoms with van der Waals surface area (Å²) in [6.45, 7) is 0.747. The van der Waals surface area contributed by atoms with E-state index < -0.39 is 12.0 Å². The quantitative estimate of drug-likeness (QED) is 0.839. The van der Waals surface area contributed by atoms with Gasteiger partial charge in [0.1, 0.15) is 5.69 Å². The molecular formula is C18H18F2N4OS. The number of anilines is 1. The van der Waals surface area contributed by atoms with Gasteiger partial charge in [-0.3, -0.25) is 0 Å². The zero-order valence-corrected chi connectivity index (χ0v) is 14.8. The standard InChI is InChI=1S/C18H18F2N4OS/c19-18(20)4-3-12-15(9-1-2-11-13(21)8-26-14(11)5-9)22-17(23-16(12)18)24-6-10(25)7-24/h1-2,5,10,13,25H,3-4,6-8,21H2. The number of aromatic nitrogens is 2. The van der Waals surface area contributed by atoms with Crippen LogP contribution in [-0.4, -0.2) is 40.0 Å². The van der Waals surface area contributed by atoms with Crippen molar-refractivity contribution in [3.8, 4) is 11.3 Å². The minimum absolute atomic E-state index is 0.0163. The molecule has 0 amide bonds. The summed E-state index contributed by atoms with van der Waals surface area (Å²) in [6.07, 6.45) is -0.418. The number of hydrogen-bond donors (Lipinski definition) is 2. The summed E-state index contributed by atoms with van der Waals surface area (Å²) in [5.41, 5.74) is 8.96. The Morgan fingerprint density at radius 1 is 1.27 bits per heavy atom. The number of benzene rings is 1. The number of fused-ring (bicyclic) bond motifs is 2. The largest absolute Gasteiger partial charge is 0.389 e. The van der Waals surface area contributed by atoms with Crippen LogP contribution in [0.3, 0.4) is 0 Å². The molecule has 2 aromatic rings. The lowest BCUT2D eigenvalue weighted by Crippen LogP contribution is -2.51. The van der Waals surface area contributed by atoms with Crippen LogP contribution in [0.25, 0.3) is 11.3 Å². The summed E-state index contributed by atoms with van der Waals surface area (Å²) in [7, 11) is 0. The van der Waals surface area contributed by atoms with E-state index >= 15 is 0 Å². The van der Waals surface area contributed by atoms with Gasteiger partial charge in [-0.25, -0.2) is 9.97 Å². The smallest absolute Gasteiger partial charge is 0.290 e. The first-order valence-electron chi connectivity index (χ1n) is 8.67. The number of thioether (sulfide) groups is 1. The SMILES string of the molecule is NC1CSc2cc(-c3nc(N4CC(O)C4)nc4c3CCC4(F)F)ccc21. The number of hydrogen-bond acceptors (Lipinski definition) is 6. The molecule has 1 saturated heterocycles. The first kappa shape index (κ1) is 16.4. The van der Waals surface area contributed by atoms with Crippen molar-refractivity contribution in [3.05, 3.63) is 35.0 Å². The molecule has 1 aliphatic carbocycles. The van der Waals surface area contributed by atoms with Gasteiger partial charge < -0.3 is 15.7 Å². The van der Waals surface area contributed by atoms with Crippen molar-refractivity contribution in [2.24, 2.45) is 5.73 Å². The average Bonchev–Trinajstić information content (AvgIpc) is 3.11. The molecule has 3 aliphatic rings. The molecule has 1 fully saturated rings. The van der Waals surface area contributed by atoms with Crippen LogP contribution in [0.1, 0.15) is 29.3 Å². The molecule has 0 spiro atoms. The van der Waals surface area contributed by atoms with E-state index in [9.17, 15) is 13.9 Å². The fourth-order valence-electron chi connectivity index (χ4n) is 3.79. The molecule has 0 bridgehead atoms. The van der Waals surface area contributed by atoms with Gasteiger partial charge in [0.25, 0.3) is 5.92 Å². The van der Waals surface area contributed by atoms with Crippen LogP contribution in [-0.2, 0) is 12.3 Å². The van der Waals surface area contributed by atoms with E-state index in [1.807, 2.05) is 18.2 Å². The van der Waals surface area contributed by atoms with Gasteiger partial charge in [-0.05, 0) is 18.1 Å². The van der Waals surface area contributed by atoms with Gasteiger partial charge in [0.15, 0.2) is 0 Å². The predicted octanol–water partition coefficient (Wildman–Crippen LogP) is 2.47. The van der Waals surface area contributed by atoms with Crippen LogP contribution in [0, 0.1) is 0 Å². The van der Waals surface area contributed by atoms with Crippen molar-refractivity contribution < 1.29 is 13.9 Å². The van der Waals surface area contributed by atoms with Gasteiger partial charge in [-0.1, -0.05) is 12.1 Å². The second-order valence-corrected chi connectivity index (χ2v) is 8.19. The molecule has 3 heterocycles. The summed E-state index contributed by atoms with van der Waals surface area (Å²) in [5, 5.41) is 9.53. The Labute approximate surface area is 153 Å². The van der Waals surface area contributed by atoms with Gasteiger partial charge in [-0.2, -0.15) is 8.78 Å². The highest BCUT2D eigenvalue weighted by Crippen LogP contribution is 2.46. The highest BCUT2D eigenvalue weighted by atomic mass is 32.2. The lowest BCUT2D eigenvalue weighted by molar-refractivity contribution is -0.00596. The molecule has 8 heteroatoms. The second-order valence-electron chi connectivity index (χ2n) is 7.13. The average molecular weight is 376 g/mol. The molecule has 26 heavy (non-hydrogen) atoms. The van der Waals surface area contributed by atoms with E-state index in [2.05, 4.69) is 9.97 Å². The number of alkyl halides is 2. The summed E-state index contributed by atoms with van der Waals surface area (Å²) >= 11 is 1.68. The molecule has 0 saturated carbocycles. The fraction of sp³-hybridized carbons (Fsp3) is 0.444. The van der Waals surface area contributed by atoms with E-state index in [4.69, 9.17) is 5.73 Å². The maximum absolute atomic E-state index is 14.4. The Bertz CT molecular complexity index is 901. The van der Waals surface area contributed by atoms with Crippen LogP contribution in [0.15, 0.2) is 23.1 Å². The number of aliphatic hydroxyl groups is 1. The first-order chi connectivity index (χ1) is 12.4. The van der Waals surface area contributed by atoms with E-state index in [0.29, 0.717) is 24.3 Å². The van der Waals surface area contributed by atoms with Gasteiger partial charge in [0.2, 0.25) is 5.95 Å². The second kappa shape index (κ2) is 5.61. The number of aliphatic hydroxyl groups excluding tert-OH is 1. The minimum Gasteiger partial charge on any atom is -0.389 e. The van der Waals surface area contributed by atoms with Crippen LogP contribution >= 0.6 is 11.8 Å². The van der Waals surface area contributed by atoms with E-state index in [1.165, 1.54) is 0 Å². The third kappa shape index (κ3) is 2.43. The Balaban J connectivity index is 1.64. The molecule has 1 aromatic heterocycles. The van der Waals surface area contributed by atoms with Crippen molar-refractivity contribution in [3.63, 3.8) is 0 Å². The van der Waals surface area contributed by atoms with E-state index in [1.54, 1.807) is 16.7 Å². The first-order valence-corrected chi connectivity index (χ1v) is 9.66. The zero-order chi connectivity index (χ0) is 18.1. The predicted molar refractivity (Wildman–Crippen MR) is 95.6 cm³/mol. The van der Waals surface area contributed by atoms with Gasteiger partial charge in [0.05, 0.1) is 11.8 Å². The van der Waals surface area contributed by atoms with Crippen molar-refractivity contribution >= 4 is 17.7 Å². The van der Waals surface area contributed by atoms with Crippen LogP contribution < -0.4 is 10.6 Å². The molecule has 3 N–H and O–H groups in total. The topological polar surface area (TPSA) is 75.3 Å². The Morgan fingerprint density at radius 2 is 2.08 bits per heavy atom. The Hall–Kier alpha value is -1.77. The van der Waals surface area contributed by atoms with Crippen LogP contribution in [0.5, 0.6) is 0 Å². The maximum atomic E-state index is 14.4. The third-order valence-corrected chi connectivity index (χ3v) is 6.47. The van der Waals surface area contributed by atoms with Gasteiger partial charge in [0, 0.05) is 47.3 Å². The number of halogens is 2. The highest BCUT2D eigenvalue weighted by molar-refractivity contribution is 7.99. The summed E-state index contributed by atoms with van der Waals surface area (Å²) in [5.74, 6) is -1.83. The van der Waals surface area contributed by atoms with Crippen molar-refractivity contribution in [2.75, 3.05) is 23.7 Å². The molecule has 1 unspecified atom stereocenters. The van der Waals surface area contributed by atoms with Crippen LogP contribution in [0.4, 0.5) is 14.7 Å². The fourth-order valence-corrected chi connectivity index (χ4v) is 4.93. The number of nitrogens with two attached hydrogens (primary N) is 1. The minimum atomic E-state index is -2.93.